The van der Waals surface area contributed by atoms with Crippen LogP contribution in [0.3, 0.4) is 0 Å². The molecule has 0 bridgehead atoms. The van der Waals surface area contributed by atoms with Crippen LogP contribution in [0.5, 0.6) is 0 Å². The van der Waals surface area contributed by atoms with Crippen molar-refractivity contribution in [3.63, 3.8) is 0 Å². The Hall–Kier alpha value is -0.290. The number of hydrogen-bond acceptors (Lipinski definition) is 1. The monoisotopic (exact) mass is 259 g/mol. The van der Waals surface area contributed by atoms with Crippen molar-refractivity contribution in [3.8, 4) is 0 Å². The van der Waals surface area contributed by atoms with Crippen molar-refractivity contribution in [3.05, 3.63) is 27.2 Å². The number of rotatable bonds is 1. The van der Waals surface area contributed by atoms with Gasteiger partial charge in [-0.2, -0.15) is 4.39 Å². The molecule has 0 aromatic carbocycles. The highest BCUT2D eigenvalue weighted by atomic mass is 79.9. The Balaban J connectivity index is 3.27. The zero-order chi connectivity index (χ0) is 9.30. The van der Waals surface area contributed by atoms with Crippen LogP contribution in [-0.2, 0) is 0 Å². The van der Waals surface area contributed by atoms with Gasteiger partial charge in [-0.3, -0.25) is 0 Å². The third-order valence-corrected chi connectivity index (χ3v) is 2.54. The maximum absolute atomic E-state index is 12.5. The van der Waals surface area contributed by atoms with E-state index in [9.17, 15) is 13.2 Å². The Morgan fingerprint density at radius 2 is 2.08 bits per heavy atom. The van der Waals surface area contributed by atoms with Gasteiger partial charge in [-0.05, 0) is 15.9 Å². The first-order valence-corrected chi connectivity index (χ1v) is 3.98. The quantitative estimate of drug-likeness (QED) is 0.703. The lowest BCUT2D eigenvalue weighted by molar-refractivity contribution is 0.151. The largest absolute Gasteiger partial charge is 0.266 e. The Morgan fingerprint density at radius 3 is 2.58 bits per heavy atom. The number of halogens is 5. The molecule has 6 heteroatoms. The number of alkyl halides is 2. The van der Waals surface area contributed by atoms with Gasteiger partial charge in [0, 0.05) is 6.20 Å². The zero-order valence-corrected chi connectivity index (χ0v) is 7.83. The van der Waals surface area contributed by atoms with E-state index in [0.29, 0.717) is 6.20 Å². The summed E-state index contributed by atoms with van der Waals surface area (Å²) in [5, 5.41) is -0.336. The fourth-order valence-electron chi connectivity index (χ4n) is 0.609. The minimum atomic E-state index is -2.75. The molecule has 0 aliphatic heterocycles. The van der Waals surface area contributed by atoms with E-state index in [1.54, 1.807) is 0 Å². The van der Waals surface area contributed by atoms with Crippen LogP contribution in [0.1, 0.15) is 12.0 Å². The Labute approximate surface area is 79.7 Å². The highest BCUT2D eigenvalue weighted by Gasteiger charge is 2.17. The Morgan fingerprint density at radius 1 is 1.50 bits per heavy atom. The molecule has 1 rings (SSSR count). The van der Waals surface area contributed by atoms with E-state index in [-0.39, 0.29) is 9.50 Å². The first-order valence-electron chi connectivity index (χ1n) is 2.81. The second kappa shape index (κ2) is 3.62. The molecular weight excluding hydrogens is 258 g/mol. The molecule has 0 saturated heterocycles. The van der Waals surface area contributed by atoms with Crippen molar-refractivity contribution < 1.29 is 13.2 Å². The molecule has 0 unspecified atom stereocenters. The van der Waals surface area contributed by atoms with Crippen molar-refractivity contribution in [2.24, 2.45) is 0 Å². The van der Waals surface area contributed by atoms with Crippen LogP contribution in [0.2, 0.25) is 5.02 Å². The van der Waals surface area contributed by atoms with Crippen molar-refractivity contribution in [2.45, 2.75) is 6.43 Å². The molecule has 0 N–H and O–H groups in total. The molecule has 1 aromatic rings. The van der Waals surface area contributed by atoms with E-state index in [0.717, 1.165) is 0 Å². The second-order valence-corrected chi connectivity index (χ2v) is 3.10. The van der Waals surface area contributed by atoms with Crippen LogP contribution in [0.25, 0.3) is 0 Å². The molecule has 0 aliphatic carbocycles. The molecular formula is C6H2BrClF3N. The summed E-state index contributed by atoms with van der Waals surface area (Å²) >= 11 is 8.08. The van der Waals surface area contributed by atoms with Crippen LogP contribution in [0.4, 0.5) is 13.2 Å². The van der Waals surface area contributed by atoms with E-state index in [4.69, 9.17) is 11.6 Å². The summed E-state index contributed by atoms with van der Waals surface area (Å²) in [7, 11) is 0. The van der Waals surface area contributed by atoms with Crippen LogP contribution in [-0.4, -0.2) is 4.98 Å². The van der Waals surface area contributed by atoms with Crippen molar-refractivity contribution >= 4 is 27.5 Å². The van der Waals surface area contributed by atoms with E-state index >= 15 is 0 Å². The average molecular weight is 260 g/mol. The summed E-state index contributed by atoms with van der Waals surface area (Å²) in [6.07, 6.45) is -2.03. The number of nitrogens with zero attached hydrogens (tertiary/aromatic N) is 1. The number of hydrogen-bond donors (Lipinski definition) is 0. The molecule has 0 atom stereocenters. The minimum absolute atomic E-state index is 0.234. The molecule has 1 aromatic heterocycles. The van der Waals surface area contributed by atoms with Gasteiger partial charge in [-0.1, -0.05) is 11.6 Å². The molecule has 0 amide bonds. The van der Waals surface area contributed by atoms with Crippen LogP contribution in [0, 0.1) is 5.95 Å². The van der Waals surface area contributed by atoms with Gasteiger partial charge in [0.05, 0.1) is 15.1 Å². The maximum atomic E-state index is 12.5. The van der Waals surface area contributed by atoms with E-state index in [2.05, 4.69) is 20.9 Å². The third-order valence-electron chi connectivity index (χ3n) is 1.18. The summed E-state index contributed by atoms with van der Waals surface area (Å²) in [5.74, 6) is -0.899. The highest BCUT2D eigenvalue weighted by molar-refractivity contribution is 9.10. The summed E-state index contributed by atoms with van der Waals surface area (Å²) in [5.41, 5.74) is -0.482. The smallest absolute Gasteiger partial charge is 0.227 e. The summed E-state index contributed by atoms with van der Waals surface area (Å²) in [4.78, 5) is 3.08. The van der Waals surface area contributed by atoms with Crippen molar-refractivity contribution in [1.29, 1.82) is 0 Å². The third kappa shape index (κ3) is 1.72. The lowest BCUT2D eigenvalue weighted by Crippen LogP contribution is -1.93. The van der Waals surface area contributed by atoms with Gasteiger partial charge in [-0.15, -0.1) is 0 Å². The lowest BCUT2D eigenvalue weighted by Gasteiger charge is -2.03. The first kappa shape index (κ1) is 9.80. The van der Waals surface area contributed by atoms with Gasteiger partial charge in [0.15, 0.2) is 0 Å². The molecule has 0 aliphatic rings. The first-order chi connectivity index (χ1) is 5.54. The molecule has 0 radical (unpaired) electrons. The zero-order valence-electron chi connectivity index (χ0n) is 5.49. The molecule has 0 spiro atoms. The fourth-order valence-corrected chi connectivity index (χ4v) is 1.15. The average Bonchev–Trinajstić information content (AvgIpc) is 2.00. The van der Waals surface area contributed by atoms with Crippen LogP contribution < -0.4 is 0 Å². The van der Waals surface area contributed by atoms with Crippen molar-refractivity contribution in [2.75, 3.05) is 0 Å². The maximum Gasteiger partial charge on any atom is 0.266 e. The van der Waals surface area contributed by atoms with Gasteiger partial charge in [-0.25, -0.2) is 13.8 Å². The van der Waals surface area contributed by atoms with Gasteiger partial charge in [0.2, 0.25) is 5.95 Å². The molecule has 0 fully saturated rings. The molecule has 66 valence electrons. The van der Waals surface area contributed by atoms with Crippen LogP contribution in [0.15, 0.2) is 10.7 Å². The van der Waals surface area contributed by atoms with Gasteiger partial charge in [0.25, 0.3) is 6.43 Å². The normalized spacial score (nSPS) is 10.8. The minimum Gasteiger partial charge on any atom is -0.227 e. The molecule has 0 saturated carbocycles. The van der Waals surface area contributed by atoms with E-state index < -0.39 is 17.9 Å². The molecule has 12 heavy (non-hydrogen) atoms. The Kier molecular flexibility index (Phi) is 2.95. The van der Waals surface area contributed by atoms with Gasteiger partial charge in [0.1, 0.15) is 0 Å². The predicted molar refractivity (Wildman–Crippen MR) is 41.9 cm³/mol. The SMILES string of the molecule is Fc1ncc(C(F)F)c(Cl)c1Br. The number of pyridine rings is 1. The van der Waals surface area contributed by atoms with Gasteiger partial charge < -0.3 is 0 Å². The topological polar surface area (TPSA) is 12.9 Å². The lowest BCUT2D eigenvalue weighted by atomic mass is 10.3. The van der Waals surface area contributed by atoms with E-state index in [1.165, 1.54) is 0 Å². The summed E-state index contributed by atoms with van der Waals surface area (Å²) in [6, 6.07) is 0. The highest BCUT2D eigenvalue weighted by Crippen LogP contribution is 2.32. The molecule has 1 heterocycles. The molecule has 1 nitrogen and oxygen atoms in total. The second-order valence-electron chi connectivity index (χ2n) is 1.93. The Bertz CT molecular complexity index is 305. The summed E-state index contributed by atoms with van der Waals surface area (Å²) < 4.78 is 36.4. The standard InChI is InChI=1S/C6H2BrClF3N/c7-3-4(8)2(5(9)10)1-12-6(3)11/h1,5H. The summed E-state index contributed by atoms with van der Waals surface area (Å²) in [6.45, 7) is 0. The predicted octanol–water partition coefficient (Wildman–Crippen LogP) is 3.57. The van der Waals surface area contributed by atoms with Gasteiger partial charge >= 0.3 is 0 Å². The fraction of sp³-hybridized carbons (Fsp3) is 0.167. The van der Waals surface area contributed by atoms with Crippen molar-refractivity contribution in [1.82, 2.24) is 4.98 Å². The van der Waals surface area contributed by atoms with Crippen LogP contribution >= 0.6 is 27.5 Å². The number of aromatic nitrogens is 1. The van der Waals surface area contributed by atoms with E-state index in [1.807, 2.05) is 0 Å².